The van der Waals surface area contributed by atoms with Gasteiger partial charge in [-0.25, -0.2) is 0 Å². The zero-order chi connectivity index (χ0) is 8.65. The number of ether oxygens (including phenoxy) is 1. The van der Waals surface area contributed by atoms with Crippen molar-refractivity contribution in [3.05, 3.63) is 11.3 Å². The van der Waals surface area contributed by atoms with Gasteiger partial charge in [0.15, 0.2) is 5.76 Å². The molecule has 64 valence electrons. The van der Waals surface area contributed by atoms with Gasteiger partial charge >= 0.3 is 6.18 Å². The van der Waals surface area contributed by atoms with Crippen molar-refractivity contribution in [3.8, 4) is 0 Å². The van der Waals surface area contributed by atoms with Gasteiger partial charge < -0.3 is 14.9 Å². The molecule has 0 bridgehead atoms. The Balaban J connectivity index is 2.81. The lowest BCUT2D eigenvalue weighted by Gasteiger charge is -2.05. The number of epoxide rings is 1. The Hall–Kier alpha value is -0.750. The normalized spacial score (nSPS) is 27.9. The van der Waals surface area contributed by atoms with Crippen LogP contribution >= 0.6 is 0 Å². The highest BCUT2D eigenvalue weighted by atomic mass is 19.4. The second kappa shape index (κ2) is 2.38. The van der Waals surface area contributed by atoms with E-state index in [4.69, 9.17) is 10.2 Å². The first-order valence-corrected chi connectivity index (χ1v) is 2.72. The van der Waals surface area contributed by atoms with E-state index in [9.17, 15) is 13.2 Å². The van der Waals surface area contributed by atoms with Gasteiger partial charge in [0.1, 0.15) is 5.57 Å². The van der Waals surface area contributed by atoms with Crippen molar-refractivity contribution < 1.29 is 28.1 Å². The fourth-order valence-corrected chi connectivity index (χ4v) is 0.614. The number of halogens is 3. The van der Waals surface area contributed by atoms with Crippen LogP contribution < -0.4 is 0 Å². The van der Waals surface area contributed by atoms with E-state index < -0.39 is 30.4 Å². The van der Waals surface area contributed by atoms with Gasteiger partial charge in [0.05, 0.1) is 6.61 Å². The third kappa shape index (κ3) is 1.63. The van der Waals surface area contributed by atoms with E-state index in [1.54, 1.807) is 0 Å². The van der Waals surface area contributed by atoms with Crippen LogP contribution in [0.5, 0.6) is 0 Å². The predicted octanol–water partition coefficient (Wildman–Crippen LogP) is 0.144. The third-order valence-corrected chi connectivity index (χ3v) is 1.20. The average Bonchev–Trinajstić information content (AvgIpc) is 2.45. The SMILES string of the molecule is OC/C(=C1\OC1O)C(F)(F)F. The molecule has 1 aliphatic rings. The number of hydrogen-bond donors (Lipinski definition) is 2. The molecule has 0 aromatic rings. The second-order valence-electron chi connectivity index (χ2n) is 1.97. The van der Waals surface area contributed by atoms with Crippen LogP contribution in [0.2, 0.25) is 0 Å². The van der Waals surface area contributed by atoms with Crippen LogP contribution in [0.3, 0.4) is 0 Å². The lowest BCUT2D eigenvalue weighted by atomic mass is 10.2. The van der Waals surface area contributed by atoms with Gasteiger partial charge in [-0.2, -0.15) is 13.2 Å². The Kier molecular flexibility index (Phi) is 1.81. The Labute approximate surface area is 59.7 Å². The molecule has 1 heterocycles. The molecule has 2 N–H and O–H groups in total. The van der Waals surface area contributed by atoms with E-state index >= 15 is 0 Å². The first-order chi connectivity index (χ1) is 4.96. The van der Waals surface area contributed by atoms with E-state index in [0.29, 0.717) is 0 Å². The van der Waals surface area contributed by atoms with Crippen LogP contribution in [-0.4, -0.2) is 29.3 Å². The Bertz CT molecular complexity index is 196. The maximum absolute atomic E-state index is 11.8. The third-order valence-electron chi connectivity index (χ3n) is 1.20. The summed E-state index contributed by atoms with van der Waals surface area (Å²) in [6.07, 6.45) is -6.11. The van der Waals surface area contributed by atoms with E-state index in [2.05, 4.69) is 4.74 Å². The number of rotatable bonds is 1. The molecule has 1 unspecified atom stereocenters. The highest BCUT2D eigenvalue weighted by Crippen LogP contribution is 2.36. The zero-order valence-electron chi connectivity index (χ0n) is 5.22. The molecule has 11 heavy (non-hydrogen) atoms. The Morgan fingerprint density at radius 1 is 1.55 bits per heavy atom. The number of aliphatic hydroxyl groups is 2. The molecule has 0 aromatic heterocycles. The van der Waals surface area contributed by atoms with Crippen LogP contribution in [0.1, 0.15) is 0 Å². The van der Waals surface area contributed by atoms with Gasteiger partial charge in [-0.3, -0.25) is 0 Å². The molecule has 0 amide bonds. The van der Waals surface area contributed by atoms with Gasteiger partial charge in [0, 0.05) is 0 Å². The fourth-order valence-electron chi connectivity index (χ4n) is 0.614. The van der Waals surface area contributed by atoms with Crippen molar-refractivity contribution in [2.24, 2.45) is 0 Å². The highest BCUT2D eigenvalue weighted by molar-refractivity contribution is 5.23. The van der Waals surface area contributed by atoms with Crippen LogP contribution in [0.15, 0.2) is 11.3 Å². The minimum atomic E-state index is -4.62. The summed E-state index contributed by atoms with van der Waals surface area (Å²) in [4.78, 5) is 0. The maximum atomic E-state index is 11.8. The van der Waals surface area contributed by atoms with Gasteiger partial charge in [-0.1, -0.05) is 0 Å². The van der Waals surface area contributed by atoms with Gasteiger partial charge in [-0.15, -0.1) is 0 Å². The summed E-state index contributed by atoms with van der Waals surface area (Å²) in [6, 6.07) is 0. The molecule has 6 heteroatoms. The van der Waals surface area contributed by atoms with Gasteiger partial charge in [-0.05, 0) is 0 Å². The first-order valence-electron chi connectivity index (χ1n) is 2.72. The smallest absolute Gasteiger partial charge is 0.418 e. The van der Waals surface area contributed by atoms with Gasteiger partial charge in [0.2, 0.25) is 0 Å². The van der Waals surface area contributed by atoms with Crippen LogP contribution in [0, 0.1) is 0 Å². The van der Waals surface area contributed by atoms with Crippen molar-refractivity contribution in [3.63, 3.8) is 0 Å². The Morgan fingerprint density at radius 3 is 2.09 bits per heavy atom. The standard InChI is InChI=1S/C5H5F3O3/c6-5(7,8)2(1-9)3-4(10)11-3/h4,9-10H,1H2/b3-2+. The summed E-state index contributed by atoms with van der Waals surface area (Å²) >= 11 is 0. The van der Waals surface area contributed by atoms with E-state index in [1.165, 1.54) is 0 Å². The monoisotopic (exact) mass is 170 g/mol. The summed E-state index contributed by atoms with van der Waals surface area (Å²) < 4.78 is 39.4. The summed E-state index contributed by atoms with van der Waals surface area (Å²) in [6.45, 7) is -1.17. The average molecular weight is 170 g/mol. The van der Waals surface area contributed by atoms with E-state index in [0.717, 1.165) is 0 Å². The topological polar surface area (TPSA) is 53.0 Å². The molecule has 1 saturated heterocycles. The van der Waals surface area contributed by atoms with Crippen molar-refractivity contribution in [1.82, 2.24) is 0 Å². The lowest BCUT2D eigenvalue weighted by molar-refractivity contribution is -0.0986. The minimum absolute atomic E-state index is 0.583. The van der Waals surface area contributed by atoms with E-state index in [-0.39, 0.29) is 0 Å². The molecular weight excluding hydrogens is 165 g/mol. The first kappa shape index (κ1) is 8.35. The summed E-state index contributed by atoms with van der Waals surface area (Å²) in [5.41, 5.74) is -1.22. The van der Waals surface area contributed by atoms with Crippen molar-refractivity contribution in [2.45, 2.75) is 12.5 Å². The molecule has 0 spiro atoms. The molecule has 1 fully saturated rings. The quantitative estimate of drug-likeness (QED) is 0.550. The Morgan fingerprint density at radius 2 is 2.00 bits per heavy atom. The van der Waals surface area contributed by atoms with E-state index in [1.807, 2.05) is 0 Å². The van der Waals surface area contributed by atoms with Gasteiger partial charge in [0.25, 0.3) is 6.29 Å². The van der Waals surface area contributed by atoms with Crippen LogP contribution in [-0.2, 0) is 4.74 Å². The second-order valence-corrected chi connectivity index (χ2v) is 1.97. The maximum Gasteiger partial charge on any atom is 0.418 e. The highest BCUT2D eigenvalue weighted by Gasteiger charge is 2.45. The molecular formula is C5H5F3O3. The van der Waals surface area contributed by atoms with Crippen LogP contribution in [0.25, 0.3) is 0 Å². The molecule has 1 atom stereocenters. The van der Waals surface area contributed by atoms with Crippen molar-refractivity contribution in [2.75, 3.05) is 6.61 Å². The van der Waals surface area contributed by atoms with Crippen molar-refractivity contribution >= 4 is 0 Å². The molecule has 0 aliphatic carbocycles. The minimum Gasteiger partial charge on any atom is -0.455 e. The fraction of sp³-hybridized carbons (Fsp3) is 0.600. The summed E-state index contributed by atoms with van der Waals surface area (Å²) in [5, 5.41) is 16.6. The number of hydrogen-bond acceptors (Lipinski definition) is 3. The largest absolute Gasteiger partial charge is 0.455 e. The number of alkyl halides is 3. The molecule has 0 radical (unpaired) electrons. The number of aliphatic hydroxyl groups excluding tert-OH is 2. The molecule has 3 nitrogen and oxygen atoms in total. The van der Waals surface area contributed by atoms with Crippen molar-refractivity contribution in [1.29, 1.82) is 0 Å². The summed E-state index contributed by atoms with van der Waals surface area (Å²) in [5.74, 6) is -0.583. The molecule has 1 aliphatic heterocycles. The lowest BCUT2D eigenvalue weighted by Crippen LogP contribution is -2.15. The zero-order valence-corrected chi connectivity index (χ0v) is 5.22. The molecule has 1 rings (SSSR count). The summed E-state index contributed by atoms with van der Waals surface area (Å²) in [7, 11) is 0. The predicted molar refractivity (Wildman–Crippen MR) is 27.3 cm³/mol. The molecule has 0 aromatic carbocycles. The molecule has 0 saturated carbocycles. The van der Waals surface area contributed by atoms with Crippen LogP contribution in [0.4, 0.5) is 13.2 Å².